The third-order valence-electron chi connectivity index (χ3n) is 3.37. The van der Waals surface area contributed by atoms with E-state index in [1.165, 1.54) is 0 Å². The molecular formula is C13H14O4. The van der Waals surface area contributed by atoms with E-state index in [4.69, 9.17) is 14.2 Å². The number of hydrogen-bond donors (Lipinski definition) is 0. The first-order valence-electron chi connectivity index (χ1n) is 5.70. The van der Waals surface area contributed by atoms with E-state index in [1.54, 1.807) is 0 Å². The van der Waals surface area contributed by atoms with Gasteiger partial charge in [-0.05, 0) is 30.2 Å². The summed E-state index contributed by atoms with van der Waals surface area (Å²) in [5.41, 5.74) is 1.55. The van der Waals surface area contributed by atoms with Gasteiger partial charge in [0.25, 0.3) is 0 Å². The smallest absolute Gasteiger partial charge is 0.161 e. The van der Waals surface area contributed by atoms with Crippen molar-refractivity contribution >= 4 is 6.29 Å². The molecule has 17 heavy (non-hydrogen) atoms. The molecule has 1 fully saturated rings. The Morgan fingerprint density at radius 1 is 1.18 bits per heavy atom. The molecule has 90 valence electrons. The molecule has 1 saturated heterocycles. The van der Waals surface area contributed by atoms with Gasteiger partial charge in [-0.2, -0.15) is 0 Å². The van der Waals surface area contributed by atoms with Crippen LogP contribution in [-0.4, -0.2) is 32.7 Å². The lowest BCUT2D eigenvalue weighted by atomic mass is 9.78. The summed E-state index contributed by atoms with van der Waals surface area (Å²) in [6.45, 7) is 4.03. The molecule has 0 amide bonds. The molecule has 2 heterocycles. The van der Waals surface area contributed by atoms with Crippen LogP contribution in [0.25, 0.3) is 0 Å². The third kappa shape index (κ3) is 1.52. The summed E-state index contributed by atoms with van der Waals surface area (Å²) >= 11 is 0. The summed E-state index contributed by atoms with van der Waals surface area (Å²) in [4.78, 5) is 11.3. The highest BCUT2D eigenvalue weighted by Gasteiger charge is 2.42. The van der Waals surface area contributed by atoms with Crippen molar-refractivity contribution < 1.29 is 19.0 Å². The highest BCUT2D eigenvalue weighted by atomic mass is 16.6. The minimum atomic E-state index is -0.486. The molecule has 3 rings (SSSR count). The van der Waals surface area contributed by atoms with Gasteiger partial charge >= 0.3 is 0 Å². The molecule has 1 aromatic carbocycles. The van der Waals surface area contributed by atoms with Crippen LogP contribution in [0.2, 0.25) is 0 Å². The second-order valence-corrected chi connectivity index (χ2v) is 4.58. The van der Waals surface area contributed by atoms with Crippen LogP contribution in [0.5, 0.6) is 11.5 Å². The summed E-state index contributed by atoms with van der Waals surface area (Å²) in [5, 5.41) is 0. The number of hydrogen-bond acceptors (Lipinski definition) is 4. The molecule has 0 unspecified atom stereocenters. The zero-order chi connectivity index (χ0) is 11.9. The summed E-state index contributed by atoms with van der Waals surface area (Å²) in [6, 6.07) is 3.86. The van der Waals surface area contributed by atoms with Gasteiger partial charge in [-0.3, -0.25) is 0 Å². The van der Waals surface area contributed by atoms with Crippen molar-refractivity contribution in [2.24, 2.45) is 0 Å². The Morgan fingerprint density at radius 2 is 1.82 bits per heavy atom. The van der Waals surface area contributed by atoms with Crippen molar-refractivity contribution in [1.82, 2.24) is 0 Å². The van der Waals surface area contributed by atoms with Crippen LogP contribution in [0, 0.1) is 6.92 Å². The van der Waals surface area contributed by atoms with Crippen LogP contribution in [-0.2, 0) is 14.9 Å². The Hall–Kier alpha value is -1.55. The first-order valence-corrected chi connectivity index (χ1v) is 5.70. The normalized spacial score (nSPS) is 20.5. The minimum Gasteiger partial charge on any atom is -0.486 e. The fourth-order valence-corrected chi connectivity index (χ4v) is 2.34. The Kier molecular flexibility index (Phi) is 2.33. The number of benzene rings is 1. The van der Waals surface area contributed by atoms with Crippen molar-refractivity contribution in [3.05, 3.63) is 23.3 Å². The van der Waals surface area contributed by atoms with E-state index in [-0.39, 0.29) is 0 Å². The Morgan fingerprint density at radius 3 is 2.35 bits per heavy atom. The highest BCUT2D eigenvalue weighted by molar-refractivity contribution is 5.72. The standard InChI is InChI=1S/C13H14O4/c1-9-4-11-12(17-3-2-16-11)5-10(9)13(6-14)7-15-8-13/h4-6H,2-3,7-8H2,1H3. The molecular weight excluding hydrogens is 220 g/mol. The van der Waals surface area contributed by atoms with Gasteiger partial charge in [0.2, 0.25) is 0 Å². The maximum atomic E-state index is 11.3. The van der Waals surface area contributed by atoms with E-state index in [2.05, 4.69) is 0 Å². The number of rotatable bonds is 2. The quantitative estimate of drug-likeness (QED) is 0.722. The molecule has 0 bridgehead atoms. The SMILES string of the molecule is Cc1cc2c(cc1C1(C=O)COC1)OCCO2. The molecule has 0 N–H and O–H groups in total. The van der Waals surface area contributed by atoms with Crippen LogP contribution >= 0.6 is 0 Å². The largest absolute Gasteiger partial charge is 0.486 e. The van der Waals surface area contributed by atoms with Gasteiger partial charge in [0.1, 0.15) is 19.5 Å². The minimum absolute atomic E-state index is 0.455. The molecule has 4 heteroatoms. The molecule has 0 radical (unpaired) electrons. The van der Waals surface area contributed by atoms with E-state index in [1.807, 2.05) is 19.1 Å². The zero-order valence-corrected chi connectivity index (χ0v) is 9.69. The summed E-state index contributed by atoms with van der Waals surface area (Å²) in [6.07, 6.45) is 0.981. The van der Waals surface area contributed by atoms with Crippen LogP contribution in [0.15, 0.2) is 12.1 Å². The number of aldehydes is 1. The van der Waals surface area contributed by atoms with Crippen molar-refractivity contribution in [2.45, 2.75) is 12.3 Å². The predicted octanol–water partition coefficient (Wildman–Crippen LogP) is 1.23. The average molecular weight is 234 g/mol. The summed E-state index contributed by atoms with van der Waals surface area (Å²) < 4.78 is 16.2. The molecule has 0 spiro atoms. The average Bonchev–Trinajstić information content (AvgIpc) is 2.29. The molecule has 2 aliphatic rings. The van der Waals surface area contributed by atoms with E-state index in [0.717, 1.165) is 28.9 Å². The maximum Gasteiger partial charge on any atom is 0.161 e. The number of carbonyl (C=O) groups excluding carboxylic acids is 1. The van der Waals surface area contributed by atoms with Crippen molar-refractivity contribution in [2.75, 3.05) is 26.4 Å². The zero-order valence-electron chi connectivity index (χ0n) is 9.69. The van der Waals surface area contributed by atoms with Crippen LogP contribution in [0.1, 0.15) is 11.1 Å². The highest BCUT2D eigenvalue weighted by Crippen LogP contribution is 2.40. The third-order valence-corrected chi connectivity index (χ3v) is 3.37. The van der Waals surface area contributed by atoms with Crippen molar-refractivity contribution in [3.63, 3.8) is 0 Å². The van der Waals surface area contributed by atoms with Gasteiger partial charge in [-0.15, -0.1) is 0 Å². The second kappa shape index (κ2) is 3.74. The van der Waals surface area contributed by atoms with Gasteiger partial charge in [0, 0.05) is 0 Å². The first-order chi connectivity index (χ1) is 8.25. The Balaban J connectivity index is 2.07. The topological polar surface area (TPSA) is 44.8 Å². The van der Waals surface area contributed by atoms with Crippen LogP contribution in [0.4, 0.5) is 0 Å². The lowest BCUT2D eigenvalue weighted by Gasteiger charge is -2.38. The van der Waals surface area contributed by atoms with E-state index < -0.39 is 5.41 Å². The second-order valence-electron chi connectivity index (χ2n) is 4.58. The molecule has 0 atom stereocenters. The van der Waals surface area contributed by atoms with E-state index in [0.29, 0.717) is 26.4 Å². The van der Waals surface area contributed by atoms with Crippen LogP contribution < -0.4 is 9.47 Å². The fourth-order valence-electron chi connectivity index (χ4n) is 2.34. The summed E-state index contributed by atoms with van der Waals surface area (Å²) in [7, 11) is 0. The molecule has 0 aliphatic carbocycles. The first kappa shape index (κ1) is 10.6. The van der Waals surface area contributed by atoms with Gasteiger partial charge in [0.15, 0.2) is 11.5 Å². The molecule has 0 aromatic heterocycles. The van der Waals surface area contributed by atoms with Gasteiger partial charge in [0.05, 0.1) is 18.6 Å². The van der Waals surface area contributed by atoms with Crippen molar-refractivity contribution in [3.8, 4) is 11.5 Å². The Bertz CT molecular complexity index is 463. The van der Waals surface area contributed by atoms with Gasteiger partial charge in [-0.25, -0.2) is 0 Å². The molecule has 2 aliphatic heterocycles. The predicted molar refractivity (Wildman–Crippen MR) is 60.7 cm³/mol. The van der Waals surface area contributed by atoms with Crippen molar-refractivity contribution in [1.29, 1.82) is 0 Å². The lowest BCUT2D eigenvalue weighted by molar-refractivity contribution is -0.129. The number of carbonyl (C=O) groups is 1. The maximum absolute atomic E-state index is 11.3. The van der Waals surface area contributed by atoms with E-state index >= 15 is 0 Å². The number of ether oxygens (including phenoxy) is 3. The monoisotopic (exact) mass is 234 g/mol. The number of fused-ring (bicyclic) bond motifs is 1. The molecule has 0 saturated carbocycles. The molecule has 4 nitrogen and oxygen atoms in total. The van der Waals surface area contributed by atoms with Gasteiger partial charge in [-0.1, -0.05) is 0 Å². The van der Waals surface area contributed by atoms with E-state index in [9.17, 15) is 4.79 Å². The molecule has 1 aromatic rings. The summed E-state index contributed by atoms with van der Waals surface area (Å²) in [5.74, 6) is 1.49. The van der Waals surface area contributed by atoms with Gasteiger partial charge < -0.3 is 19.0 Å². The van der Waals surface area contributed by atoms with Crippen LogP contribution in [0.3, 0.4) is 0 Å². The Labute approximate surface area is 99.5 Å². The fraction of sp³-hybridized carbons (Fsp3) is 0.462. The number of aryl methyl sites for hydroxylation is 1. The lowest BCUT2D eigenvalue weighted by Crippen LogP contribution is -2.48.